The molecule has 2 rings (SSSR count). The zero-order valence-corrected chi connectivity index (χ0v) is 12.6. The molecule has 1 aromatic rings. The van der Waals surface area contributed by atoms with E-state index in [1.54, 1.807) is 0 Å². The number of hydrogen-bond acceptors (Lipinski definition) is 5. The Bertz CT molecular complexity index is 533. The van der Waals surface area contributed by atoms with Gasteiger partial charge in [0.1, 0.15) is 4.90 Å². The van der Waals surface area contributed by atoms with Gasteiger partial charge in [0.25, 0.3) is 0 Å². The van der Waals surface area contributed by atoms with Crippen molar-refractivity contribution in [3.63, 3.8) is 0 Å². The zero-order chi connectivity index (χ0) is 14.8. The molecule has 0 bridgehead atoms. The molecule has 0 unspecified atom stereocenters. The molecule has 1 aliphatic rings. The summed E-state index contributed by atoms with van der Waals surface area (Å²) in [5, 5.41) is 12.8. The standard InChI is InChI=1S/C12H21N3O4S/c1-10-7-15(8-11(2)19-10)20(17,18)12-6-13-14(9-12)4-3-5-16/h6,9-11,16H,3-5,7-8H2,1-2H3/t10-,11+. The van der Waals surface area contributed by atoms with E-state index in [-0.39, 0.29) is 23.7 Å². The first kappa shape index (κ1) is 15.4. The number of rotatable bonds is 5. The third-order valence-electron chi connectivity index (χ3n) is 3.18. The van der Waals surface area contributed by atoms with Crippen LogP contribution < -0.4 is 0 Å². The van der Waals surface area contributed by atoms with Crippen LogP contribution in [-0.4, -0.2) is 59.5 Å². The normalized spacial score (nSPS) is 24.9. The molecule has 2 atom stereocenters. The van der Waals surface area contributed by atoms with E-state index in [1.807, 2.05) is 13.8 Å². The van der Waals surface area contributed by atoms with Gasteiger partial charge in [-0.05, 0) is 20.3 Å². The van der Waals surface area contributed by atoms with Crippen molar-refractivity contribution >= 4 is 10.0 Å². The predicted molar refractivity (Wildman–Crippen MR) is 72.7 cm³/mol. The Morgan fingerprint density at radius 2 is 2.05 bits per heavy atom. The molecule has 1 saturated heterocycles. The minimum absolute atomic E-state index is 0.0560. The Labute approximate surface area is 119 Å². The predicted octanol–water partition coefficient (Wildman–Crippen LogP) is 0.0634. The van der Waals surface area contributed by atoms with Crippen LogP contribution in [0, 0.1) is 0 Å². The second kappa shape index (κ2) is 6.21. The van der Waals surface area contributed by atoms with Crippen LogP contribution in [0.1, 0.15) is 20.3 Å². The van der Waals surface area contributed by atoms with E-state index in [0.717, 1.165) is 0 Å². The van der Waals surface area contributed by atoms with E-state index in [9.17, 15) is 8.42 Å². The average molecular weight is 303 g/mol. The Balaban J connectivity index is 2.15. The first-order valence-electron chi connectivity index (χ1n) is 6.72. The summed E-state index contributed by atoms with van der Waals surface area (Å²) in [6.07, 6.45) is 3.19. The highest BCUT2D eigenvalue weighted by atomic mass is 32.2. The fourth-order valence-corrected chi connectivity index (χ4v) is 3.85. The first-order valence-corrected chi connectivity index (χ1v) is 8.16. The average Bonchev–Trinajstić information content (AvgIpc) is 2.84. The highest BCUT2D eigenvalue weighted by Gasteiger charge is 2.32. The summed E-state index contributed by atoms with van der Waals surface area (Å²) in [7, 11) is -3.52. The Morgan fingerprint density at radius 1 is 1.40 bits per heavy atom. The lowest BCUT2D eigenvalue weighted by Crippen LogP contribution is -2.48. The van der Waals surface area contributed by atoms with Crippen molar-refractivity contribution in [3.05, 3.63) is 12.4 Å². The van der Waals surface area contributed by atoms with Crippen molar-refractivity contribution in [2.24, 2.45) is 0 Å². The molecule has 0 saturated carbocycles. The Morgan fingerprint density at radius 3 is 2.65 bits per heavy atom. The van der Waals surface area contributed by atoms with Crippen LogP contribution in [-0.2, 0) is 21.3 Å². The van der Waals surface area contributed by atoms with Crippen molar-refractivity contribution in [2.45, 2.75) is 43.9 Å². The topological polar surface area (TPSA) is 84.7 Å². The smallest absolute Gasteiger partial charge is 0.246 e. The molecule has 114 valence electrons. The van der Waals surface area contributed by atoms with Crippen molar-refractivity contribution in [2.75, 3.05) is 19.7 Å². The summed E-state index contributed by atoms with van der Waals surface area (Å²) in [4.78, 5) is 0.191. The highest BCUT2D eigenvalue weighted by molar-refractivity contribution is 7.89. The maximum Gasteiger partial charge on any atom is 0.246 e. The Kier molecular flexibility index (Phi) is 4.79. The second-order valence-electron chi connectivity index (χ2n) is 5.10. The number of aryl methyl sites for hydroxylation is 1. The largest absolute Gasteiger partial charge is 0.396 e. The van der Waals surface area contributed by atoms with Gasteiger partial charge in [-0.2, -0.15) is 9.40 Å². The fourth-order valence-electron chi connectivity index (χ4n) is 2.31. The van der Waals surface area contributed by atoms with Gasteiger partial charge in [0.2, 0.25) is 10.0 Å². The minimum atomic E-state index is -3.52. The molecule has 7 nitrogen and oxygen atoms in total. The van der Waals surface area contributed by atoms with Gasteiger partial charge in [0.05, 0.1) is 18.4 Å². The van der Waals surface area contributed by atoms with Crippen molar-refractivity contribution in [3.8, 4) is 0 Å². The molecule has 0 aliphatic carbocycles. The monoisotopic (exact) mass is 303 g/mol. The number of morpholine rings is 1. The molecule has 20 heavy (non-hydrogen) atoms. The molecular formula is C12H21N3O4S. The number of aliphatic hydroxyl groups excluding tert-OH is 1. The number of nitrogens with zero attached hydrogens (tertiary/aromatic N) is 3. The molecule has 2 heterocycles. The van der Waals surface area contributed by atoms with E-state index in [0.29, 0.717) is 26.1 Å². The summed E-state index contributed by atoms with van der Waals surface area (Å²) in [5.41, 5.74) is 0. The van der Waals surface area contributed by atoms with E-state index in [2.05, 4.69) is 5.10 Å². The number of hydrogen-bond donors (Lipinski definition) is 1. The van der Waals surface area contributed by atoms with Gasteiger partial charge < -0.3 is 9.84 Å². The van der Waals surface area contributed by atoms with Gasteiger partial charge in [-0.1, -0.05) is 0 Å². The number of sulfonamides is 1. The molecule has 1 N–H and O–H groups in total. The van der Waals surface area contributed by atoms with Crippen LogP contribution in [0.15, 0.2) is 17.3 Å². The lowest BCUT2D eigenvalue weighted by Gasteiger charge is -2.34. The first-order chi connectivity index (χ1) is 9.43. The maximum absolute atomic E-state index is 12.5. The van der Waals surface area contributed by atoms with Gasteiger partial charge in [0, 0.05) is 32.4 Å². The van der Waals surface area contributed by atoms with Crippen LogP contribution >= 0.6 is 0 Å². The fraction of sp³-hybridized carbons (Fsp3) is 0.750. The molecule has 8 heteroatoms. The maximum atomic E-state index is 12.5. The SMILES string of the molecule is C[C@@H]1CN(S(=O)(=O)c2cnn(CCCO)c2)C[C@H](C)O1. The number of aliphatic hydroxyl groups is 1. The number of aromatic nitrogens is 2. The van der Waals surface area contributed by atoms with Gasteiger partial charge >= 0.3 is 0 Å². The third-order valence-corrected chi connectivity index (χ3v) is 4.96. The van der Waals surface area contributed by atoms with E-state index >= 15 is 0 Å². The van der Waals surface area contributed by atoms with E-state index in [4.69, 9.17) is 9.84 Å². The lowest BCUT2D eigenvalue weighted by molar-refractivity contribution is -0.0440. The van der Waals surface area contributed by atoms with Crippen LogP contribution in [0.3, 0.4) is 0 Å². The molecule has 1 aromatic heterocycles. The minimum Gasteiger partial charge on any atom is -0.396 e. The van der Waals surface area contributed by atoms with Crippen LogP contribution in [0.5, 0.6) is 0 Å². The van der Waals surface area contributed by atoms with Gasteiger partial charge in [-0.3, -0.25) is 4.68 Å². The summed E-state index contributed by atoms with van der Waals surface area (Å²) >= 11 is 0. The summed E-state index contributed by atoms with van der Waals surface area (Å²) in [5.74, 6) is 0. The quantitative estimate of drug-likeness (QED) is 0.831. The summed E-state index contributed by atoms with van der Waals surface area (Å²) in [6.45, 7) is 5.00. The van der Waals surface area contributed by atoms with Crippen molar-refractivity contribution in [1.29, 1.82) is 0 Å². The molecular weight excluding hydrogens is 282 g/mol. The highest BCUT2D eigenvalue weighted by Crippen LogP contribution is 2.20. The van der Waals surface area contributed by atoms with Gasteiger partial charge in [-0.25, -0.2) is 8.42 Å². The van der Waals surface area contributed by atoms with Crippen molar-refractivity contribution < 1.29 is 18.3 Å². The van der Waals surface area contributed by atoms with Crippen LogP contribution in [0.2, 0.25) is 0 Å². The summed E-state index contributed by atoms with van der Waals surface area (Å²) < 4.78 is 33.6. The van der Waals surface area contributed by atoms with Gasteiger partial charge in [-0.15, -0.1) is 0 Å². The molecule has 0 aromatic carbocycles. The molecule has 0 spiro atoms. The second-order valence-corrected chi connectivity index (χ2v) is 7.03. The summed E-state index contributed by atoms with van der Waals surface area (Å²) in [6, 6.07) is 0. The number of ether oxygens (including phenoxy) is 1. The van der Waals surface area contributed by atoms with Crippen molar-refractivity contribution in [1.82, 2.24) is 14.1 Å². The molecule has 1 aliphatic heterocycles. The molecule has 1 fully saturated rings. The molecule has 0 amide bonds. The van der Waals surface area contributed by atoms with E-state index < -0.39 is 10.0 Å². The van der Waals surface area contributed by atoms with Gasteiger partial charge in [0.15, 0.2) is 0 Å². The van der Waals surface area contributed by atoms with E-state index in [1.165, 1.54) is 21.4 Å². The lowest BCUT2D eigenvalue weighted by atomic mass is 10.3. The zero-order valence-electron chi connectivity index (χ0n) is 11.8. The third kappa shape index (κ3) is 3.38. The molecule has 0 radical (unpaired) electrons. The Hall–Kier alpha value is -0.960. The van der Waals surface area contributed by atoms with Crippen LogP contribution in [0.4, 0.5) is 0 Å². The van der Waals surface area contributed by atoms with Crippen LogP contribution in [0.25, 0.3) is 0 Å².